The number of benzene rings is 4. The standard InChI is InChI=1S/C34H32F3NO8/c1-42-29-19-24(20-30(43-2)31(29)44-3)32(39)38(17-7-9-22-8-6-10-26(18-22)46-34(35,36)37)21-23-13-15-25(16-14-23)45-28-12-5-4-11-27(28)33(40)41/h4-6,8,10-16,18-20H,7,9,17,21H2,1-3H3,(H,40,41). The molecule has 0 bridgehead atoms. The minimum atomic E-state index is -4.80. The van der Waals surface area contributed by atoms with Gasteiger partial charge in [-0.25, -0.2) is 4.79 Å². The lowest BCUT2D eigenvalue weighted by Gasteiger charge is -2.24. The molecule has 4 aromatic rings. The van der Waals surface area contributed by atoms with E-state index < -0.39 is 12.3 Å². The molecule has 0 aliphatic heterocycles. The van der Waals surface area contributed by atoms with Crippen LogP contribution in [0.25, 0.3) is 0 Å². The number of halogens is 3. The monoisotopic (exact) mass is 639 g/mol. The molecule has 9 nitrogen and oxygen atoms in total. The third kappa shape index (κ3) is 8.84. The van der Waals surface area contributed by atoms with Crippen molar-refractivity contribution >= 4 is 11.9 Å². The minimum absolute atomic E-state index is 0.0178. The van der Waals surface area contributed by atoms with E-state index in [1.54, 1.807) is 65.6 Å². The third-order valence-electron chi connectivity index (χ3n) is 6.87. The summed E-state index contributed by atoms with van der Waals surface area (Å²) in [5, 5.41) is 9.44. The molecule has 4 aromatic carbocycles. The summed E-state index contributed by atoms with van der Waals surface area (Å²) in [6.07, 6.45) is -3.99. The van der Waals surface area contributed by atoms with Gasteiger partial charge in [0.05, 0.1) is 21.3 Å². The van der Waals surface area contributed by atoms with Gasteiger partial charge in [0.25, 0.3) is 5.91 Å². The van der Waals surface area contributed by atoms with Gasteiger partial charge < -0.3 is 33.7 Å². The van der Waals surface area contributed by atoms with Crippen molar-refractivity contribution < 1.29 is 51.6 Å². The van der Waals surface area contributed by atoms with E-state index >= 15 is 0 Å². The predicted molar refractivity (Wildman–Crippen MR) is 162 cm³/mol. The Bertz CT molecular complexity index is 1630. The quantitative estimate of drug-likeness (QED) is 0.153. The maximum absolute atomic E-state index is 13.9. The number of carbonyl (C=O) groups is 2. The smallest absolute Gasteiger partial charge is 0.493 e. The Hall–Kier alpha value is -5.39. The van der Waals surface area contributed by atoms with Crippen molar-refractivity contribution in [1.29, 1.82) is 0 Å². The predicted octanol–water partition coefficient (Wildman–Crippen LogP) is 7.38. The number of nitrogens with zero attached hydrogens (tertiary/aromatic N) is 1. The second kappa shape index (κ2) is 15.1. The number of para-hydroxylation sites is 1. The van der Waals surface area contributed by atoms with Crippen LogP contribution in [0, 0.1) is 0 Å². The van der Waals surface area contributed by atoms with Crippen LogP contribution in [0.3, 0.4) is 0 Å². The number of hydrogen-bond donors (Lipinski definition) is 1. The number of alkyl halides is 3. The van der Waals surface area contributed by atoms with Crippen molar-refractivity contribution in [3.8, 4) is 34.5 Å². The van der Waals surface area contributed by atoms with Crippen LogP contribution in [0.2, 0.25) is 0 Å². The van der Waals surface area contributed by atoms with E-state index in [1.165, 1.54) is 45.6 Å². The Morgan fingerprint density at radius 3 is 2.04 bits per heavy atom. The molecule has 0 unspecified atom stereocenters. The molecule has 0 aliphatic carbocycles. The van der Waals surface area contributed by atoms with Crippen LogP contribution in [-0.4, -0.2) is 56.1 Å². The van der Waals surface area contributed by atoms with Crippen molar-refractivity contribution in [3.63, 3.8) is 0 Å². The highest BCUT2D eigenvalue weighted by atomic mass is 19.4. The van der Waals surface area contributed by atoms with E-state index in [0.29, 0.717) is 41.4 Å². The van der Waals surface area contributed by atoms with Crippen LogP contribution in [-0.2, 0) is 13.0 Å². The van der Waals surface area contributed by atoms with Gasteiger partial charge in [-0.1, -0.05) is 36.4 Å². The molecule has 1 amide bonds. The lowest BCUT2D eigenvalue weighted by Crippen LogP contribution is -2.32. The summed E-state index contributed by atoms with van der Waals surface area (Å²) in [6, 6.07) is 21.9. The van der Waals surface area contributed by atoms with Gasteiger partial charge in [0.15, 0.2) is 11.5 Å². The number of aromatic carboxylic acids is 1. The summed E-state index contributed by atoms with van der Waals surface area (Å²) in [7, 11) is 4.34. The molecule has 0 atom stereocenters. The van der Waals surface area contributed by atoms with E-state index in [-0.39, 0.29) is 41.6 Å². The molecule has 46 heavy (non-hydrogen) atoms. The third-order valence-corrected chi connectivity index (χ3v) is 6.87. The molecule has 242 valence electrons. The van der Waals surface area contributed by atoms with E-state index in [2.05, 4.69) is 4.74 Å². The summed E-state index contributed by atoms with van der Waals surface area (Å²) in [6.45, 7) is 0.433. The van der Waals surface area contributed by atoms with Crippen LogP contribution in [0.1, 0.15) is 38.3 Å². The number of carboxylic acids is 1. The molecule has 0 saturated carbocycles. The first-order chi connectivity index (χ1) is 22.0. The Kier molecular flexibility index (Phi) is 11.0. The van der Waals surface area contributed by atoms with Gasteiger partial charge in [0, 0.05) is 18.7 Å². The zero-order valence-electron chi connectivity index (χ0n) is 25.3. The Labute approximate surface area is 263 Å². The van der Waals surface area contributed by atoms with Crippen molar-refractivity contribution in [2.45, 2.75) is 25.7 Å². The fourth-order valence-electron chi connectivity index (χ4n) is 4.75. The van der Waals surface area contributed by atoms with E-state index in [4.69, 9.17) is 18.9 Å². The van der Waals surface area contributed by atoms with Crippen LogP contribution >= 0.6 is 0 Å². The van der Waals surface area contributed by atoms with E-state index in [9.17, 15) is 27.9 Å². The topological polar surface area (TPSA) is 104 Å². The number of amides is 1. The number of carbonyl (C=O) groups excluding carboxylic acids is 1. The fraction of sp³-hybridized carbons (Fsp3) is 0.235. The number of methoxy groups -OCH3 is 3. The summed E-state index contributed by atoms with van der Waals surface area (Å²) in [5.74, 6) is -0.258. The molecule has 1 N–H and O–H groups in total. The average molecular weight is 640 g/mol. The summed E-state index contributed by atoms with van der Waals surface area (Å²) >= 11 is 0. The zero-order chi connectivity index (χ0) is 33.3. The van der Waals surface area contributed by atoms with Crippen molar-refractivity contribution in [3.05, 3.63) is 107 Å². The molecule has 0 aromatic heterocycles. The van der Waals surface area contributed by atoms with Crippen LogP contribution in [0.4, 0.5) is 13.2 Å². The van der Waals surface area contributed by atoms with Crippen molar-refractivity contribution in [2.75, 3.05) is 27.9 Å². The number of carboxylic acid groups (broad SMARTS) is 1. The lowest BCUT2D eigenvalue weighted by atomic mass is 10.1. The summed E-state index contributed by atoms with van der Waals surface area (Å²) in [4.78, 5) is 27.0. The van der Waals surface area contributed by atoms with Gasteiger partial charge in [-0.05, 0) is 72.5 Å². The van der Waals surface area contributed by atoms with Gasteiger partial charge in [0.1, 0.15) is 22.8 Å². The zero-order valence-corrected chi connectivity index (χ0v) is 25.3. The number of hydrogen-bond acceptors (Lipinski definition) is 7. The molecular weight excluding hydrogens is 607 g/mol. The maximum atomic E-state index is 13.9. The van der Waals surface area contributed by atoms with Crippen LogP contribution < -0.4 is 23.7 Å². The summed E-state index contributed by atoms with van der Waals surface area (Å²) in [5.41, 5.74) is 1.66. The maximum Gasteiger partial charge on any atom is 0.573 e. The molecule has 0 fully saturated rings. The van der Waals surface area contributed by atoms with Gasteiger partial charge >= 0.3 is 12.3 Å². The fourth-order valence-corrected chi connectivity index (χ4v) is 4.75. The van der Waals surface area contributed by atoms with E-state index in [0.717, 1.165) is 5.56 Å². The second-order valence-corrected chi connectivity index (χ2v) is 9.99. The highest BCUT2D eigenvalue weighted by Gasteiger charge is 2.31. The Morgan fingerprint density at radius 1 is 0.761 bits per heavy atom. The molecule has 0 saturated heterocycles. The molecule has 0 spiro atoms. The highest BCUT2D eigenvalue weighted by molar-refractivity contribution is 5.95. The van der Waals surface area contributed by atoms with Gasteiger partial charge in [-0.3, -0.25) is 4.79 Å². The van der Waals surface area contributed by atoms with E-state index in [1.807, 2.05) is 0 Å². The Morgan fingerprint density at radius 2 is 1.43 bits per heavy atom. The van der Waals surface area contributed by atoms with Gasteiger partial charge in [-0.2, -0.15) is 0 Å². The first kappa shape index (κ1) is 33.5. The second-order valence-electron chi connectivity index (χ2n) is 9.99. The van der Waals surface area contributed by atoms with Crippen LogP contribution in [0.15, 0.2) is 84.9 Å². The molecule has 0 aliphatic rings. The lowest BCUT2D eigenvalue weighted by molar-refractivity contribution is -0.274. The largest absolute Gasteiger partial charge is 0.573 e. The summed E-state index contributed by atoms with van der Waals surface area (Å²) < 4.78 is 64.2. The average Bonchev–Trinajstić information content (AvgIpc) is 3.03. The first-order valence-electron chi connectivity index (χ1n) is 14.0. The number of rotatable bonds is 14. The van der Waals surface area contributed by atoms with Gasteiger partial charge in [-0.15, -0.1) is 13.2 Å². The SMILES string of the molecule is COc1cc(C(=O)N(CCCc2cccc(OC(F)(F)F)c2)Cc2ccc(Oc3ccccc3C(=O)O)cc2)cc(OC)c1OC. The molecule has 12 heteroatoms. The van der Waals surface area contributed by atoms with Crippen LogP contribution in [0.5, 0.6) is 34.5 Å². The number of ether oxygens (including phenoxy) is 5. The van der Waals surface area contributed by atoms with Gasteiger partial charge in [0.2, 0.25) is 5.75 Å². The van der Waals surface area contributed by atoms with Crippen molar-refractivity contribution in [1.82, 2.24) is 4.90 Å². The highest BCUT2D eigenvalue weighted by Crippen LogP contribution is 2.38. The molecule has 4 rings (SSSR count). The van der Waals surface area contributed by atoms with Crippen molar-refractivity contribution in [2.24, 2.45) is 0 Å². The number of aryl methyl sites for hydroxylation is 1. The minimum Gasteiger partial charge on any atom is -0.493 e. The Balaban J connectivity index is 1.56. The first-order valence-corrected chi connectivity index (χ1v) is 14.0. The molecule has 0 heterocycles. The normalized spacial score (nSPS) is 11.0. The molecule has 0 radical (unpaired) electrons. The molecular formula is C34H32F3NO8.